The summed E-state index contributed by atoms with van der Waals surface area (Å²) in [5.74, 6) is 2.47. The van der Waals surface area contributed by atoms with Crippen LogP contribution in [0, 0.1) is 0 Å². The highest BCUT2D eigenvalue weighted by Gasteiger charge is 2.28. The molecule has 0 aliphatic carbocycles. The molecule has 0 amide bonds. The van der Waals surface area contributed by atoms with Crippen molar-refractivity contribution in [3.05, 3.63) is 89.5 Å². The van der Waals surface area contributed by atoms with Crippen LogP contribution in [0.1, 0.15) is 22.6 Å². The van der Waals surface area contributed by atoms with Gasteiger partial charge in [0.2, 0.25) is 0 Å². The number of hydrogen-bond donors (Lipinski definition) is 0. The van der Waals surface area contributed by atoms with Crippen LogP contribution in [-0.2, 0) is 14.2 Å². The molecule has 3 aliphatic heterocycles. The van der Waals surface area contributed by atoms with E-state index in [4.69, 9.17) is 28.4 Å². The Hall–Kier alpha value is -3.06. The third kappa shape index (κ3) is 5.36. The van der Waals surface area contributed by atoms with Crippen LogP contribution in [0.2, 0.25) is 0 Å². The van der Waals surface area contributed by atoms with Crippen molar-refractivity contribution in [2.45, 2.75) is 24.2 Å². The van der Waals surface area contributed by atoms with Gasteiger partial charge < -0.3 is 28.4 Å². The molecule has 3 aliphatic rings. The maximum atomic E-state index is 6.20. The minimum atomic E-state index is -0.0755. The fourth-order valence-electron chi connectivity index (χ4n) is 4.03. The van der Waals surface area contributed by atoms with Crippen LogP contribution in [0.15, 0.2) is 72.8 Å². The van der Waals surface area contributed by atoms with Gasteiger partial charge in [-0.2, -0.15) is 0 Å². The number of benzene rings is 3. The second-order valence-corrected chi connectivity index (χ2v) is 8.88. The van der Waals surface area contributed by atoms with E-state index in [9.17, 15) is 0 Å². The van der Waals surface area contributed by atoms with E-state index in [0.29, 0.717) is 19.8 Å². The predicted octanol–water partition coefficient (Wildman–Crippen LogP) is 4.20. The standard InChI is InChI=1S/C28H28O6/c1-3-7-26(33-17-22-15-31-22)24(5-1)28(19-9-11-20(12-10-19)29-13-21-14-30-21)25-6-2-4-8-27(25)34-18-23-16-32-23/h1-12,21-23,28H,13-18H2. The quantitative estimate of drug-likeness (QED) is 0.298. The molecule has 6 rings (SSSR count). The summed E-state index contributed by atoms with van der Waals surface area (Å²) < 4.78 is 34.2. The average Bonchev–Trinajstić information content (AvgIpc) is 3.73. The molecule has 3 heterocycles. The SMILES string of the molecule is c1ccc(C(c2ccc(OCC3CO3)cc2)c2ccccc2OCC2CO2)c(OCC2CO2)c1. The van der Waals surface area contributed by atoms with Crippen molar-refractivity contribution < 1.29 is 28.4 Å². The lowest BCUT2D eigenvalue weighted by atomic mass is 9.84. The molecule has 6 heteroatoms. The van der Waals surface area contributed by atoms with E-state index >= 15 is 0 Å². The normalized spacial score (nSPS) is 23.1. The lowest BCUT2D eigenvalue weighted by Gasteiger charge is -2.24. The highest BCUT2D eigenvalue weighted by Crippen LogP contribution is 2.41. The molecule has 3 atom stereocenters. The zero-order valence-electron chi connectivity index (χ0n) is 18.9. The summed E-state index contributed by atoms with van der Waals surface area (Å²) in [5.41, 5.74) is 3.30. The van der Waals surface area contributed by atoms with Gasteiger partial charge >= 0.3 is 0 Å². The fraction of sp³-hybridized carbons (Fsp3) is 0.357. The molecule has 3 saturated heterocycles. The summed E-state index contributed by atoms with van der Waals surface area (Å²) in [5, 5.41) is 0. The Morgan fingerprint density at radius 2 is 1.03 bits per heavy atom. The van der Waals surface area contributed by atoms with Crippen molar-refractivity contribution in [2.24, 2.45) is 0 Å². The Morgan fingerprint density at radius 1 is 0.588 bits per heavy atom. The third-order valence-corrected chi connectivity index (χ3v) is 6.17. The summed E-state index contributed by atoms with van der Waals surface area (Å²) >= 11 is 0. The molecule has 0 saturated carbocycles. The molecule has 0 aromatic heterocycles. The number of rotatable bonds is 12. The Bertz CT molecular complexity index is 1040. The lowest BCUT2D eigenvalue weighted by Crippen LogP contribution is -2.12. The van der Waals surface area contributed by atoms with Crippen LogP contribution in [0.4, 0.5) is 0 Å². The first-order valence-corrected chi connectivity index (χ1v) is 11.8. The number of para-hydroxylation sites is 2. The van der Waals surface area contributed by atoms with E-state index in [1.54, 1.807) is 0 Å². The van der Waals surface area contributed by atoms with Gasteiger partial charge in [0.1, 0.15) is 55.4 Å². The second-order valence-electron chi connectivity index (χ2n) is 8.88. The Labute approximate surface area is 199 Å². The largest absolute Gasteiger partial charge is 0.491 e. The summed E-state index contributed by atoms with van der Waals surface area (Å²) in [6.07, 6.45) is 0.603. The number of ether oxygens (including phenoxy) is 6. The van der Waals surface area contributed by atoms with Crippen molar-refractivity contribution in [3.8, 4) is 17.2 Å². The Kier molecular flexibility index (Phi) is 6.10. The molecule has 0 spiro atoms. The summed E-state index contributed by atoms with van der Waals surface area (Å²) in [6.45, 7) is 4.00. The van der Waals surface area contributed by atoms with Gasteiger partial charge in [-0.15, -0.1) is 0 Å². The van der Waals surface area contributed by atoms with Gasteiger partial charge in [0.05, 0.1) is 19.8 Å². The van der Waals surface area contributed by atoms with Crippen molar-refractivity contribution in [3.63, 3.8) is 0 Å². The van der Waals surface area contributed by atoms with Gasteiger partial charge in [0.25, 0.3) is 0 Å². The molecule has 34 heavy (non-hydrogen) atoms. The maximum absolute atomic E-state index is 6.20. The molecule has 3 aromatic carbocycles. The van der Waals surface area contributed by atoms with Crippen LogP contribution in [0.3, 0.4) is 0 Å². The first-order valence-electron chi connectivity index (χ1n) is 11.8. The molecule has 176 valence electrons. The van der Waals surface area contributed by atoms with Crippen molar-refractivity contribution in [1.29, 1.82) is 0 Å². The van der Waals surface area contributed by atoms with Crippen LogP contribution in [-0.4, -0.2) is 58.0 Å². The van der Waals surface area contributed by atoms with Crippen LogP contribution < -0.4 is 14.2 Å². The highest BCUT2D eigenvalue weighted by molar-refractivity contribution is 5.53. The third-order valence-electron chi connectivity index (χ3n) is 6.17. The number of hydrogen-bond acceptors (Lipinski definition) is 6. The van der Waals surface area contributed by atoms with Crippen molar-refractivity contribution in [2.75, 3.05) is 39.6 Å². The highest BCUT2D eigenvalue weighted by atomic mass is 16.6. The van der Waals surface area contributed by atoms with E-state index < -0.39 is 0 Å². The van der Waals surface area contributed by atoms with Crippen LogP contribution in [0.5, 0.6) is 17.2 Å². The van der Waals surface area contributed by atoms with E-state index in [-0.39, 0.29) is 24.2 Å². The smallest absolute Gasteiger partial charge is 0.123 e. The molecule has 6 nitrogen and oxygen atoms in total. The molecule has 3 fully saturated rings. The Balaban J connectivity index is 1.34. The van der Waals surface area contributed by atoms with Gasteiger partial charge in [-0.05, 0) is 29.8 Å². The molecule has 3 aromatic rings. The fourth-order valence-corrected chi connectivity index (χ4v) is 4.03. The maximum Gasteiger partial charge on any atom is 0.123 e. The molecule has 3 unspecified atom stereocenters. The molecule has 0 N–H and O–H groups in total. The summed E-state index contributed by atoms with van der Waals surface area (Å²) in [4.78, 5) is 0. The predicted molar refractivity (Wildman–Crippen MR) is 126 cm³/mol. The van der Waals surface area contributed by atoms with E-state index in [1.807, 2.05) is 36.4 Å². The summed E-state index contributed by atoms with van der Waals surface area (Å²) in [6, 6.07) is 24.7. The first kappa shape index (κ1) is 21.5. The van der Waals surface area contributed by atoms with Gasteiger partial charge in [-0.25, -0.2) is 0 Å². The van der Waals surface area contributed by atoms with Gasteiger partial charge in [-0.3, -0.25) is 0 Å². The van der Waals surface area contributed by atoms with Crippen LogP contribution in [0.25, 0.3) is 0 Å². The molecular formula is C28H28O6. The van der Waals surface area contributed by atoms with Gasteiger partial charge in [0, 0.05) is 17.0 Å². The first-order chi connectivity index (χ1) is 16.8. The minimum absolute atomic E-state index is 0.0755. The molecule has 0 radical (unpaired) electrons. The monoisotopic (exact) mass is 460 g/mol. The second kappa shape index (κ2) is 9.66. The minimum Gasteiger partial charge on any atom is -0.491 e. The van der Waals surface area contributed by atoms with E-state index in [0.717, 1.165) is 53.8 Å². The molecular weight excluding hydrogens is 432 g/mol. The zero-order chi connectivity index (χ0) is 22.7. The topological polar surface area (TPSA) is 65.3 Å². The molecule has 0 bridgehead atoms. The van der Waals surface area contributed by atoms with E-state index in [1.165, 1.54) is 0 Å². The zero-order valence-corrected chi connectivity index (χ0v) is 18.9. The van der Waals surface area contributed by atoms with Gasteiger partial charge in [-0.1, -0.05) is 48.5 Å². The van der Waals surface area contributed by atoms with Crippen molar-refractivity contribution in [1.82, 2.24) is 0 Å². The van der Waals surface area contributed by atoms with E-state index in [2.05, 4.69) is 36.4 Å². The summed E-state index contributed by atoms with van der Waals surface area (Å²) in [7, 11) is 0. The number of epoxide rings is 3. The van der Waals surface area contributed by atoms with Crippen LogP contribution >= 0.6 is 0 Å². The average molecular weight is 461 g/mol. The lowest BCUT2D eigenvalue weighted by molar-refractivity contribution is 0.258. The Morgan fingerprint density at radius 3 is 1.50 bits per heavy atom. The van der Waals surface area contributed by atoms with Gasteiger partial charge in [0.15, 0.2) is 0 Å². The van der Waals surface area contributed by atoms with Crippen molar-refractivity contribution >= 4 is 0 Å².